The Hall–Kier alpha value is -2.93. The highest BCUT2D eigenvalue weighted by molar-refractivity contribution is 6.16. The van der Waals surface area contributed by atoms with Crippen molar-refractivity contribution in [2.75, 3.05) is 11.5 Å². The number of carbonyl (C=O) groups excluding carboxylic acids is 1. The normalized spacial score (nSPS) is 19.1. The van der Waals surface area contributed by atoms with Crippen LogP contribution in [0.4, 0.5) is 11.4 Å². The van der Waals surface area contributed by atoms with Gasteiger partial charge < -0.3 is 27.4 Å². The summed E-state index contributed by atoms with van der Waals surface area (Å²) in [6, 6.07) is 12.1. The van der Waals surface area contributed by atoms with E-state index in [0.717, 1.165) is 6.08 Å². The van der Waals surface area contributed by atoms with Crippen LogP contribution in [-0.2, 0) is 0 Å². The van der Waals surface area contributed by atoms with Gasteiger partial charge in [0.15, 0.2) is 5.78 Å². The van der Waals surface area contributed by atoms with Crippen LogP contribution in [0.15, 0.2) is 66.3 Å². The Morgan fingerprint density at radius 1 is 1.00 bits per heavy atom. The van der Waals surface area contributed by atoms with Crippen molar-refractivity contribution < 1.29 is 15.0 Å². The third-order valence-electron chi connectivity index (χ3n) is 4.15. The van der Waals surface area contributed by atoms with Gasteiger partial charge in [-0.3, -0.25) is 4.79 Å². The smallest absolute Gasteiger partial charge is 0.203 e. The fraction of sp³-hybridized carbons (Fsp3) is 0.105. The number of carbonyl (C=O) groups is 1. The molecule has 0 fully saturated rings. The lowest BCUT2D eigenvalue weighted by Crippen LogP contribution is -2.51. The molecule has 0 heterocycles. The molecule has 0 saturated heterocycles. The van der Waals surface area contributed by atoms with Crippen LogP contribution in [0.3, 0.4) is 0 Å². The summed E-state index contributed by atoms with van der Waals surface area (Å²) >= 11 is 0. The zero-order valence-electron chi connectivity index (χ0n) is 13.4. The molecule has 0 bridgehead atoms. The molecular formula is C19H19N3O3. The quantitative estimate of drug-likeness (QED) is 0.323. The molecule has 8 N–H and O–H groups in total. The molecule has 128 valence electrons. The number of nitrogen functional groups attached to an aromatic ring is 2. The summed E-state index contributed by atoms with van der Waals surface area (Å²) in [5.41, 5.74) is 20.1. The lowest BCUT2D eigenvalue weighted by molar-refractivity contribution is -0.127. The van der Waals surface area contributed by atoms with E-state index in [1.54, 1.807) is 42.5 Å². The molecular weight excluding hydrogens is 318 g/mol. The number of Topliss-reactive ketones (excluding diaryl/α,β-unsaturated/α-hetero) is 1. The van der Waals surface area contributed by atoms with Crippen LogP contribution >= 0.6 is 0 Å². The molecule has 0 aromatic heterocycles. The predicted octanol–water partition coefficient (Wildman–Crippen LogP) is 1.07. The van der Waals surface area contributed by atoms with Crippen molar-refractivity contribution >= 4 is 22.7 Å². The number of anilines is 2. The van der Waals surface area contributed by atoms with Gasteiger partial charge in [0.25, 0.3) is 0 Å². The van der Waals surface area contributed by atoms with E-state index >= 15 is 0 Å². The number of nitrogens with two attached hydrogens (primary N) is 3. The van der Waals surface area contributed by atoms with Crippen LogP contribution in [0.25, 0.3) is 5.57 Å². The topological polar surface area (TPSA) is 136 Å². The van der Waals surface area contributed by atoms with Gasteiger partial charge in [0.1, 0.15) is 0 Å². The summed E-state index contributed by atoms with van der Waals surface area (Å²) in [6.07, 6.45) is 2.63. The number of benzene rings is 2. The molecule has 25 heavy (non-hydrogen) atoms. The van der Waals surface area contributed by atoms with Gasteiger partial charge >= 0.3 is 0 Å². The second-order valence-corrected chi connectivity index (χ2v) is 6.00. The number of rotatable bonds is 3. The van der Waals surface area contributed by atoms with Gasteiger partial charge in [-0.25, -0.2) is 0 Å². The van der Waals surface area contributed by atoms with Crippen LogP contribution in [-0.4, -0.2) is 27.8 Å². The van der Waals surface area contributed by atoms with Gasteiger partial charge in [-0.05, 0) is 41.5 Å². The lowest BCUT2D eigenvalue weighted by atomic mass is 9.82. The van der Waals surface area contributed by atoms with Gasteiger partial charge in [-0.2, -0.15) is 0 Å². The fourth-order valence-electron chi connectivity index (χ4n) is 2.84. The first-order valence-corrected chi connectivity index (χ1v) is 7.69. The van der Waals surface area contributed by atoms with E-state index in [1.165, 1.54) is 12.1 Å². The summed E-state index contributed by atoms with van der Waals surface area (Å²) in [7, 11) is 0. The van der Waals surface area contributed by atoms with E-state index in [2.05, 4.69) is 0 Å². The van der Waals surface area contributed by atoms with Crippen LogP contribution in [0.2, 0.25) is 0 Å². The maximum absolute atomic E-state index is 13.0. The van der Waals surface area contributed by atoms with E-state index in [-0.39, 0.29) is 5.57 Å². The van der Waals surface area contributed by atoms with Crippen molar-refractivity contribution in [1.82, 2.24) is 0 Å². The van der Waals surface area contributed by atoms with Crippen LogP contribution in [0, 0.1) is 0 Å². The van der Waals surface area contributed by atoms with Crippen molar-refractivity contribution in [1.29, 1.82) is 0 Å². The molecule has 1 unspecified atom stereocenters. The third kappa shape index (κ3) is 3.18. The number of aliphatic hydroxyl groups is 2. The van der Waals surface area contributed by atoms with Gasteiger partial charge in [-0.15, -0.1) is 0 Å². The molecule has 0 aliphatic heterocycles. The molecule has 0 saturated carbocycles. The Balaban J connectivity index is 2.20. The Morgan fingerprint density at radius 2 is 1.64 bits per heavy atom. The summed E-state index contributed by atoms with van der Waals surface area (Å²) in [5, 5.41) is 20.2. The molecule has 0 radical (unpaired) electrons. The number of ketones is 1. The van der Waals surface area contributed by atoms with Gasteiger partial charge in [0.05, 0.1) is 6.04 Å². The minimum Gasteiger partial charge on any atom is -0.399 e. The largest absolute Gasteiger partial charge is 0.399 e. The Morgan fingerprint density at radius 3 is 2.28 bits per heavy atom. The van der Waals surface area contributed by atoms with E-state index in [0.29, 0.717) is 28.1 Å². The molecule has 6 nitrogen and oxygen atoms in total. The lowest BCUT2D eigenvalue weighted by Gasteiger charge is -2.32. The summed E-state index contributed by atoms with van der Waals surface area (Å²) < 4.78 is 0. The molecule has 1 aliphatic carbocycles. The minimum atomic E-state index is -2.32. The Kier molecular flexibility index (Phi) is 4.18. The first kappa shape index (κ1) is 16.9. The molecule has 1 atom stereocenters. The van der Waals surface area contributed by atoms with Crippen molar-refractivity contribution in [2.45, 2.75) is 11.8 Å². The van der Waals surface area contributed by atoms with Crippen molar-refractivity contribution in [3.8, 4) is 0 Å². The SMILES string of the molecule is Nc1cccc(C(=O)C2=C(c3cccc(N)c3)C=CC(O)(O)C2N)c1. The monoisotopic (exact) mass is 337 g/mol. The van der Waals surface area contributed by atoms with Crippen LogP contribution in [0.5, 0.6) is 0 Å². The van der Waals surface area contributed by atoms with E-state index in [1.807, 2.05) is 0 Å². The molecule has 2 aromatic carbocycles. The average molecular weight is 337 g/mol. The first-order valence-electron chi connectivity index (χ1n) is 7.69. The zero-order chi connectivity index (χ0) is 18.2. The summed E-state index contributed by atoms with van der Waals surface area (Å²) in [4.78, 5) is 13.0. The van der Waals surface area contributed by atoms with Crippen LogP contribution in [0.1, 0.15) is 15.9 Å². The van der Waals surface area contributed by atoms with Gasteiger partial charge in [-0.1, -0.05) is 30.3 Å². The van der Waals surface area contributed by atoms with Gasteiger partial charge in [0.2, 0.25) is 5.79 Å². The first-order chi connectivity index (χ1) is 11.8. The maximum atomic E-state index is 13.0. The molecule has 2 aromatic rings. The second kappa shape index (κ2) is 6.18. The Labute approximate surface area is 144 Å². The van der Waals surface area contributed by atoms with Gasteiger partial charge in [0, 0.05) is 22.5 Å². The fourth-order valence-corrected chi connectivity index (χ4v) is 2.84. The standard InChI is InChI=1S/C19H19N3O3/c20-13-5-1-3-11(9-13)15-7-8-19(24,25)18(22)16(15)17(23)12-4-2-6-14(21)10-12/h1-10,18,24-25H,20-22H2. The third-order valence-corrected chi connectivity index (χ3v) is 4.15. The van der Waals surface area contributed by atoms with E-state index in [4.69, 9.17) is 17.2 Å². The van der Waals surface area contributed by atoms with E-state index < -0.39 is 17.6 Å². The molecule has 3 rings (SSSR count). The highest BCUT2D eigenvalue weighted by Gasteiger charge is 2.39. The number of hydrogen-bond acceptors (Lipinski definition) is 6. The summed E-state index contributed by atoms with van der Waals surface area (Å²) in [5.74, 6) is -2.75. The second-order valence-electron chi connectivity index (χ2n) is 6.00. The predicted molar refractivity (Wildman–Crippen MR) is 97.2 cm³/mol. The average Bonchev–Trinajstić information content (AvgIpc) is 2.56. The molecule has 0 spiro atoms. The summed E-state index contributed by atoms with van der Waals surface area (Å²) in [6.45, 7) is 0. The molecule has 0 amide bonds. The maximum Gasteiger partial charge on any atom is 0.203 e. The highest BCUT2D eigenvalue weighted by atomic mass is 16.5. The van der Waals surface area contributed by atoms with E-state index in [9.17, 15) is 15.0 Å². The Bertz CT molecular complexity index is 900. The van der Waals surface area contributed by atoms with Crippen LogP contribution < -0.4 is 17.2 Å². The number of hydrogen-bond donors (Lipinski definition) is 5. The molecule has 6 heteroatoms. The zero-order valence-corrected chi connectivity index (χ0v) is 13.4. The number of allylic oxidation sites excluding steroid dienone is 2. The minimum absolute atomic E-state index is 0.0868. The van der Waals surface area contributed by atoms with Crippen molar-refractivity contribution in [3.05, 3.63) is 77.4 Å². The highest BCUT2D eigenvalue weighted by Crippen LogP contribution is 2.33. The molecule has 1 aliphatic rings. The van der Waals surface area contributed by atoms with Crippen molar-refractivity contribution in [3.63, 3.8) is 0 Å². The van der Waals surface area contributed by atoms with Crippen molar-refractivity contribution in [2.24, 2.45) is 5.73 Å².